The summed E-state index contributed by atoms with van der Waals surface area (Å²) in [5.74, 6) is 0. The number of aryl methyl sites for hydroxylation is 1. The van der Waals surface area contributed by atoms with Crippen molar-refractivity contribution in [2.24, 2.45) is 0 Å². The van der Waals surface area contributed by atoms with Gasteiger partial charge in [0.2, 0.25) is 0 Å². The third-order valence-corrected chi connectivity index (χ3v) is 5.04. The number of aliphatic hydroxyl groups is 1. The topological polar surface area (TPSA) is 20.2 Å². The van der Waals surface area contributed by atoms with E-state index in [1.807, 2.05) is 43.5 Å². The number of thiophene rings is 1. The Hall–Kier alpha value is -0.290. The van der Waals surface area contributed by atoms with Gasteiger partial charge in [-0.25, -0.2) is 0 Å². The molecule has 0 radical (unpaired) electrons. The fourth-order valence-corrected chi connectivity index (χ4v) is 4.16. The number of aliphatic hydroxyl groups excluding tert-OH is 1. The normalized spacial score (nSPS) is 12.7. The Bertz CT molecular complexity index is 522. The molecular weight excluding hydrogens is 316 g/mol. The molecule has 0 aliphatic heterocycles. The van der Waals surface area contributed by atoms with Crippen LogP contribution in [0.4, 0.5) is 0 Å². The van der Waals surface area contributed by atoms with Crippen LogP contribution in [0.15, 0.2) is 39.0 Å². The van der Waals surface area contributed by atoms with Crippen LogP contribution in [0.5, 0.6) is 0 Å². The second-order valence-electron chi connectivity index (χ2n) is 3.71. The molecule has 1 unspecified atom stereocenters. The Labute approximate surface area is 118 Å². The first-order chi connectivity index (χ1) is 8.13. The van der Waals surface area contributed by atoms with Gasteiger partial charge in [0.1, 0.15) is 6.10 Å². The SMILES string of the molecule is CSc1ccccc1C(O)c1cc(Br)sc1C. The van der Waals surface area contributed by atoms with Gasteiger partial charge in [0.15, 0.2) is 0 Å². The fraction of sp³-hybridized carbons (Fsp3) is 0.231. The van der Waals surface area contributed by atoms with Gasteiger partial charge in [0.25, 0.3) is 0 Å². The Balaban J connectivity index is 2.43. The van der Waals surface area contributed by atoms with Crippen molar-refractivity contribution in [2.75, 3.05) is 6.26 Å². The Morgan fingerprint density at radius 3 is 2.59 bits per heavy atom. The highest BCUT2D eigenvalue weighted by atomic mass is 79.9. The summed E-state index contributed by atoms with van der Waals surface area (Å²) in [5, 5.41) is 10.5. The van der Waals surface area contributed by atoms with Gasteiger partial charge in [-0.15, -0.1) is 23.1 Å². The smallest absolute Gasteiger partial charge is 0.106 e. The van der Waals surface area contributed by atoms with Crippen LogP contribution in [0.1, 0.15) is 22.1 Å². The molecule has 0 spiro atoms. The van der Waals surface area contributed by atoms with Crippen LogP contribution < -0.4 is 0 Å². The third-order valence-electron chi connectivity index (χ3n) is 2.65. The molecule has 1 atom stereocenters. The minimum Gasteiger partial charge on any atom is -0.384 e. The summed E-state index contributed by atoms with van der Waals surface area (Å²) >= 11 is 6.78. The zero-order valence-corrected chi connectivity index (χ0v) is 12.8. The second kappa shape index (κ2) is 5.57. The highest BCUT2D eigenvalue weighted by molar-refractivity contribution is 9.11. The molecule has 2 rings (SSSR count). The summed E-state index contributed by atoms with van der Waals surface area (Å²) in [4.78, 5) is 2.28. The maximum absolute atomic E-state index is 10.5. The van der Waals surface area contributed by atoms with Crippen LogP contribution in [-0.2, 0) is 0 Å². The van der Waals surface area contributed by atoms with E-state index in [9.17, 15) is 5.11 Å². The van der Waals surface area contributed by atoms with Gasteiger partial charge in [0.05, 0.1) is 3.79 Å². The monoisotopic (exact) mass is 328 g/mol. The van der Waals surface area contributed by atoms with Gasteiger partial charge in [0, 0.05) is 9.77 Å². The summed E-state index contributed by atoms with van der Waals surface area (Å²) in [6.45, 7) is 2.04. The van der Waals surface area contributed by atoms with Crippen LogP contribution in [0.25, 0.3) is 0 Å². The van der Waals surface area contributed by atoms with Gasteiger partial charge in [-0.1, -0.05) is 18.2 Å². The van der Waals surface area contributed by atoms with Gasteiger partial charge in [-0.2, -0.15) is 0 Å². The summed E-state index contributed by atoms with van der Waals surface area (Å²) in [5.41, 5.74) is 1.97. The first-order valence-electron chi connectivity index (χ1n) is 5.20. The number of halogens is 1. The minimum absolute atomic E-state index is 0.541. The maximum atomic E-state index is 10.5. The largest absolute Gasteiger partial charge is 0.384 e. The average Bonchev–Trinajstić information content (AvgIpc) is 2.67. The molecule has 0 amide bonds. The van der Waals surface area contributed by atoms with E-state index < -0.39 is 6.10 Å². The van der Waals surface area contributed by atoms with E-state index >= 15 is 0 Å². The van der Waals surface area contributed by atoms with E-state index in [0.29, 0.717) is 0 Å². The average molecular weight is 329 g/mol. The molecule has 1 aromatic heterocycles. The van der Waals surface area contributed by atoms with Crippen molar-refractivity contribution in [3.63, 3.8) is 0 Å². The van der Waals surface area contributed by atoms with Crippen molar-refractivity contribution in [2.45, 2.75) is 17.9 Å². The van der Waals surface area contributed by atoms with Crippen LogP contribution in [-0.4, -0.2) is 11.4 Å². The fourth-order valence-electron chi connectivity index (χ4n) is 1.79. The summed E-state index contributed by atoms with van der Waals surface area (Å²) in [7, 11) is 0. The van der Waals surface area contributed by atoms with Crippen LogP contribution in [0, 0.1) is 6.92 Å². The standard InChI is InChI=1S/C13H13BrOS2/c1-8-10(7-12(14)17-8)13(15)9-5-3-4-6-11(9)16-2/h3-7,13,15H,1-2H3. The molecule has 1 nitrogen and oxygen atoms in total. The van der Waals surface area contributed by atoms with Gasteiger partial charge in [-0.3, -0.25) is 0 Å². The lowest BCUT2D eigenvalue weighted by Gasteiger charge is -2.14. The lowest BCUT2D eigenvalue weighted by Crippen LogP contribution is -2.01. The lowest BCUT2D eigenvalue weighted by molar-refractivity contribution is 0.217. The highest BCUT2D eigenvalue weighted by Crippen LogP contribution is 2.36. The van der Waals surface area contributed by atoms with Crippen molar-refractivity contribution in [1.82, 2.24) is 0 Å². The molecule has 0 saturated carbocycles. The van der Waals surface area contributed by atoms with Crippen molar-refractivity contribution < 1.29 is 5.11 Å². The quantitative estimate of drug-likeness (QED) is 0.829. The Morgan fingerprint density at radius 2 is 2.00 bits per heavy atom. The maximum Gasteiger partial charge on any atom is 0.106 e. The molecule has 0 aliphatic carbocycles. The van der Waals surface area contributed by atoms with Crippen LogP contribution in [0.2, 0.25) is 0 Å². The zero-order chi connectivity index (χ0) is 12.4. The van der Waals surface area contributed by atoms with Crippen molar-refractivity contribution in [1.29, 1.82) is 0 Å². The van der Waals surface area contributed by atoms with Gasteiger partial charge >= 0.3 is 0 Å². The van der Waals surface area contributed by atoms with E-state index in [-0.39, 0.29) is 0 Å². The van der Waals surface area contributed by atoms with E-state index in [2.05, 4.69) is 15.9 Å². The van der Waals surface area contributed by atoms with Crippen molar-refractivity contribution >= 4 is 39.0 Å². The summed E-state index contributed by atoms with van der Waals surface area (Å²) in [6.07, 6.45) is 1.49. The van der Waals surface area contributed by atoms with Gasteiger partial charge < -0.3 is 5.11 Å². The first kappa shape index (κ1) is 13.1. The molecule has 0 fully saturated rings. The number of hydrogen-bond acceptors (Lipinski definition) is 3. The predicted molar refractivity (Wildman–Crippen MR) is 79.0 cm³/mol. The lowest BCUT2D eigenvalue weighted by atomic mass is 10.0. The Kier molecular flexibility index (Phi) is 4.31. The third kappa shape index (κ3) is 2.76. The number of thioether (sulfide) groups is 1. The highest BCUT2D eigenvalue weighted by Gasteiger charge is 2.17. The first-order valence-corrected chi connectivity index (χ1v) is 8.03. The van der Waals surface area contributed by atoms with E-state index in [1.165, 1.54) is 0 Å². The number of rotatable bonds is 3. The molecule has 0 bridgehead atoms. The molecule has 1 N–H and O–H groups in total. The molecule has 90 valence electrons. The van der Waals surface area contributed by atoms with E-state index in [0.717, 1.165) is 24.7 Å². The predicted octanol–water partition coefficient (Wildman–Crippen LogP) is 4.62. The second-order valence-corrected chi connectivity index (χ2v) is 7.19. The molecular formula is C13H13BrOS2. The molecule has 0 saturated heterocycles. The Morgan fingerprint density at radius 1 is 1.29 bits per heavy atom. The number of hydrogen-bond donors (Lipinski definition) is 1. The molecule has 2 aromatic rings. The van der Waals surface area contributed by atoms with Crippen LogP contribution >= 0.6 is 39.0 Å². The van der Waals surface area contributed by atoms with Gasteiger partial charge in [-0.05, 0) is 52.4 Å². The summed E-state index contributed by atoms with van der Waals surface area (Å²) in [6, 6.07) is 10.00. The van der Waals surface area contributed by atoms with Crippen molar-refractivity contribution in [3.8, 4) is 0 Å². The number of benzene rings is 1. The minimum atomic E-state index is -0.541. The molecule has 1 heterocycles. The van der Waals surface area contributed by atoms with E-state index in [1.54, 1.807) is 23.1 Å². The summed E-state index contributed by atoms with van der Waals surface area (Å²) < 4.78 is 1.06. The molecule has 0 aliphatic rings. The molecule has 1 aromatic carbocycles. The van der Waals surface area contributed by atoms with E-state index in [4.69, 9.17) is 0 Å². The van der Waals surface area contributed by atoms with Crippen molar-refractivity contribution in [3.05, 3.63) is 50.1 Å². The van der Waals surface area contributed by atoms with Crippen LogP contribution in [0.3, 0.4) is 0 Å². The molecule has 4 heteroatoms. The zero-order valence-electron chi connectivity index (χ0n) is 9.61. The molecule has 17 heavy (non-hydrogen) atoms.